The van der Waals surface area contributed by atoms with E-state index in [0.29, 0.717) is 20.6 Å². The van der Waals surface area contributed by atoms with Gasteiger partial charge in [0.2, 0.25) is 0 Å². The predicted molar refractivity (Wildman–Crippen MR) is 108 cm³/mol. The monoisotopic (exact) mass is 401 g/mol. The van der Waals surface area contributed by atoms with Crippen molar-refractivity contribution < 1.29 is 4.74 Å². The summed E-state index contributed by atoms with van der Waals surface area (Å²) in [7, 11) is 1.62. The first-order valence-electron chi connectivity index (χ1n) is 7.53. The summed E-state index contributed by atoms with van der Waals surface area (Å²) in [4.78, 5) is 4.53. The number of benzene rings is 2. The lowest BCUT2D eigenvalue weighted by atomic mass is 10.2. The molecule has 130 valence electrons. The third kappa shape index (κ3) is 4.17. The van der Waals surface area contributed by atoms with Gasteiger partial charge in [-0.2, -0.15) is 5.26 Å². The van der Waals surface area contributed by atoms with Crippen LogP contribution in [0, 0.1) is 11.3 Å². The molecule has 0 bridgehead atoms. The third-order valence-electron chi connectivity index (χ3n) is 3.54. The molecule has 1 aromatic heterocycles. The number of allylic oxidation sites excluding steroid dienone is 1. The maximum absolute atomic E-state index is 9.45. The number of halogens is 2. The van der Waals surface area contributed by atoms with Crippen LogP contribution >= 0.6 is 34.5 Å². The Morgan fingerprint density at radius 1 is 1.19 bits per heavy atom. The molecule has 1 heterocycles. The Bertz CT molecular complexity index is 991. The standard InChI is InChI=1S/C19H13Cl2N3OS/c1-25-15-5-3-14(4-6-15)23-10-13(9-22)19-24-18(11-26-19)12-2-7-16(20)17(21)8-12/h2-8,10-11,23H,1H3/b13-10+. The minimum absolute atomic E-state index is 0.442. The number of ether oxygens (including phenoxy) is 1. The predicted octanol–water partition coefficient (Wildman–Crippen LogP) is 6.10. The molecule has 4 nitrogen and oxygen atoms in total. The van der Waals surface area contributed by atoms with Crippen molar-refractivity contribution in [3.8, 4) is 23.1 Å². The van der Waals surface area contributed by atoms with Gasteiger partial charge in [0.05, 0.1) is 22.8 Å². The van der Waals surface area contributed by atoms with Crippen LogP contribution in [-0.2, 0) is 0 Å². The number of methoxy groups -OCH3 is 1. The molecule has 1 N–H and O–H groups in total. The fourth-order valence-corrected chi connectivity index (χ4v) is 3.26. The average Bonchev–Trinajstić information content (AvgIpc) is 3.15. The third-order valence-corrected chi connectivity index (χ3v) is 5.16. The van der Waals surface area contributed by atoms with E-state index in [1.54, 1.807) is 25.4 Å². The summed E-state index contributed by atoms with van der Waals surface area (Å²) in [6, 6.07) is 14.9. The molecule has 0 aliphatic heterocycles. The van der Waals surface area contributed by atoms with Crippen LogP contribution in [0.25, 0.3) is 16.8 Å². The van der Waals surface area contributed by atoms with Gasteiger partial charge in [-0.15, -0.1) is 11.3 Å². The Labute approximate surface area is 165 Å². The van der Waals surface area contributed by atoms with Crippen molar-refractivity contribution in [2.45, 2.75) is 0 Å². The van der Waals surface area contributed by atoms with Crippen LogP contribution in [0.3, 0.4) is 0 Å². The maximum atomic E-state index is 9.45. The minimum Gasteiger partial charge on any atom is -0.497 e. The largest absolute Gasteiger partial charge is 0.497 e. The van der Waals surface area contributed by atoms with Crippen molar-refractivity contribution in [1.29, 1.82) is 5.26 Å². The number of anilines is 1. The fourth-order valence-electron chi connectivity index (χ4n) is 2.17. The quantitative estimate of drug-likeness (QED) is 0.524. The second-order valence-electron chi connectivity index (χ2n) is 5.21. The van der Waals surface area contributed by atoms with E-state index in [1.807, 2.05) is 35.7 Å². The van der Waals surface area contributed by atoms with E-state index in [4.69, 9.17) is 27.9 Å². The van der Waals surface area contributed by atoms with E-state index < -0.39 is 0 Å². The molecule has 0 radical (unpaired) electrons. The van der Waals surface area contributed by atoms with E-state index in [2.05, 4.69) is 16.4 Å². The summed E-state index contributed by atoms with van der Waals surface area (Å²) in [5.41, 5.74) is 2.88. The van der Waals surface area contributed by atoms with E-state index >= 15 is 0 Å². The Morgan fingerprint density at radius 3 is 2.62 bits per heavy atom. The minimum atomic E-state index is 0.442. The highest BCUT2D eigenvalue weighted by Gasteiger charge is 2.10. The van der Waals surface area contributed by atoms with Crippen LogP contribution in [0.5, 0.6) is 5.75 Å². The zero-order valence-electron chi connectivity index (χ0n) is 13.7. The van der Waals surface area contributed by atoms with Crippen LogP contribution < -0.4 is 10.1 Å². The molecule has 0 aliphatic carbocycles. The van der Waals surface area contributed by atoms with Crippen molar-refractivity contribution in [3.05, 3.63) is 69.1 Å². The first kappa shape index (κ1) is 18.3. The molecule has 3 aromatic rings. The molecular formula is C19H13Cl2N3OS. The number of hydrogen-bond donors (Lipinski definition) is 1. The van der Waals surface area contributed by atoms with Gasteiger partial charge < -0.3 is 10.1 Å². The molecule has 0 saturated heterocycles. The van der Waals surface area contributed by atoms with Gasteiger partial charge in [0, 0.05) is 22.8 Å². The molecule has 0 fully saturated rings. The van der Waals surface area contributed by atoms with E-state index in [9.17, 15) is 5.26 Å². The molecule has 26 heavy (non-hydrogen) atoms. The van der Waals surface area contributed by atoms with Gasteiger partial charge in [0.25, 0.3) is 0 Å². The number of aromatic nitrogens is 1. The van der Waals surface area contributed by atoms with Gasteiger partial charge in [0.1, 0.15) is 22.4 Å². The summed E-state index contributed by atoms with van der Waals surface area (Å²) in [6.45, 7) is 0. The SMILES string of the molecule is COc1ccc(N/C=C(\C#N)c2nc(-c3ccc(Cl)c(Cl)c3)cs2)cc1. The van der Waals surface area contributed by atoms with Gasteiger partial charge >= 0.3 is 0 Å². The lowest BCUT2D eigenvalue weighted by Crippen LogP contribution is -1.91. The second-order valence-corrected chi connectivity index (χ2v) is 6.88. The van der Waals surface area contributed by atoms with Crippen LogP contribution in [-0.4, -0.2) is 12.1 Å². The lowest BCUT2D eigenvalue weighted by Gasteiger charge is -2.03. The van der Waals surface area contributed by atoms with Crippen molar-refractivity contribution in [3.63, 3.8) is 0 Å². The summed E-state index contributed by atoms with van der Waals surface area (Å²) < 4.78 is 5.12. The Hall–Kier alpha value is -2.52. The number of thiazole rings is 1. The van der Waals surface area contributed by atoms with Gasteiger partial charge in [-0.05, 0) is 36.4 Å². The number of hydrogen-bond acceptors (Lipinski definition) is 5. The highest BCUT2D eigenvalue weighted by atomic mass is 35.5. The molecule has 0 aliphatic rings. The van der Waals surface area contributed by atoms with Crippen molar-refractivity contribution in [1.82, 2.24) is 4.98 Å². The first-order chi connectivity index (χ1) is 12.6. The summed E-state index contributed by atoms with van der Waals surface area (Å²) in [6.07, 6.45) is 1.64. The molecule has 3 rings (SSSR count). The molecule has 0 spiro atoms. The number of nitrogens with zero attached hydrogens (tertiary/aromatic N) is 2. The summed E-state index contributed by atoms with van der Waals surface area (Å²) in [5, 5.41) is 16.0. The summed E-state index contributed by atoms with van der Waals surface area (Å²) in [5.74, 6) is 0.770. The molecule has 7 heteroatoms. The number of rotatable bonds is 5. The molecule has 0 unspecified atom stereocenters. The fraction of sp³-hybridized carbons (Fsp3) is 0.0526. The number of nitrogens with one attached hydrogen (secondary N) is 1. The van der Waals surface area contributed by atoms with Gasteiger partial charge in [-0.25, -0.2) is 4.98 Å². The van der Waals surface area contributed by atoms with Crippen LogP contribution in [0.2, 0.25) is 10.0 Å². The molecular weight excluding hydrogens is 389 g/mol. The highest BCUT2D eigenvalue weighted by Crippen LogP contribution is 2.30. The topological polar surface area (TPSA) is 57.9 Å². The lowest BCUT2D eigenvalue weighted by molar-refractivity contribution is 0.415. The second kappa shape index (κ2) is 8.24. The molecule has 2 aromatic carbocycles. The van der Waals surface area contributed by atoms with Gasteiger partial charge in [0.15, 0.2) is 0 Å². The zero-order valence-corrected chi connectivity index (χ0v) is 16.0. The van der Waals surface area contributed by atoms with E-state index in [1.165, 1.54) is 11.3 Å². The molecule has 0 amide bonds. The molecule has 0 atom stereocenters. The molecule has 0 saturated carbocycles. The smallest absolute Gasteiger partial charge is 0.136 e. The normalized spacial score (nSPS) is 11.1. The summed E-state index contributed by atoms with van der Waals surface area (Å²) >= 11 is 13.4. The van der Waals surface area contributed by atoms with Crippen LogP contribution in [0.4, 0.5) is 5.69 Å². The zero-order chi connectivity index (χ0) is 18.5. The van der Waals surface area contributed by atoms with Crippen LogP contribution in [0.15, 0.2) is 54.0 Å². The Morgan fingerprint density at radius 2 is 1.96 bits per heavy atom. The van der Waals surface area contributed by atoms with Crippen molar-refractivity contribution in [2.24, 2.45) is 0 Å². The van der Waals surface area contributed by atoms with Crippen LogP contribution in [0.1, 0.15) is 5.01 Å². The highest BCUT2D eigenvalue weighted by molar-refractivity contribution is 7.11. The van der Waals surface area contributed by atoms with Crippen molar-refractivity contribution >= 4 is 45.8 Å². The van der Waals surface area contributed by atoms with Crippen molar-refractivity contribution in [2.75, 3.05) is 12.4 Å². The number of nitriles is 1. The average molecular weight is 402 g/mol. The van der Waals surface area contributed by atoms with Gasteiger partial charge in [-0.1, -0.05) is 29.3 Å². The first-order valence-corrected chi connectivity index (χ1v) is 9.16. The Balaban J connectivity index is 1.81. The van der Waals surface area contributed by atoms with E-state index in [0.717, 1.165) is 22.7 Å². The Kier molecular flexibility index (Phi) is 5.79. The van der Waals surface area contributed by atoms with E-state index in [-0.39, 0.29) is 0 Å². The van der Waals surface area contributed by atoms with Gasteiger partial charge in [-0.3, -0.25) is 0 Å². The maximum Gasteiger partial charge on any atom is 0.136 e.